The maximum atomic E-state index is 10.7. The molecule has 6 heteroatoms. The molecular formula is C12H13N3O3. The molecule has 0 spiro atoms. The van der Waals surface area contributed by atoms with Crippen LogP contribution in [0.4, 0.5) is 0 Å². The Labute approximate surface area is 104 Å². The van der Waals surface area contributed by atoms with Crippen molar-refractivity contribution >= 4 is 5.97 Å². The summed E-state index contributed by atoms with van der Waals surface area (Å²) in [4.78, 5) is 10.7. The number of carboxylic acids is 1. The van der Waals surface area contributed by atoms with Gasteiger partial charge in [-0.1, -0.05) is 12.0 Å². The van der Waals surface area contributed by atoms with Gasteiger partial charge in [-0.05, 0) is 25.1 Å². The van der Waals surface area contributed by atoms with Crippen molar-refractivity contribution in [2.45, 2.75) is 6.92 Å². The lowest BCUT2D eigenvalue weighted by atomic mass is 10.2. The van der Waals surface area contributed by atoms with E-state index in [0.29, 0.717) is 5.75 Å². The minimum absolute atomic E-state index is 0.232. The van der Waals surface area contributed by atoms with Crippen LogP contribution in [0.1, 0.15) is 12.5 Å². The first-order valence-corrected chi connectivity index (χ1v) is 4.98. The van der Waals surface area contributed by atoms with Gasteiger partial charge in [0.15, 0.2) is 5.70 Å². The highest BCUT2D eigenvalue weighted by atomic mass is 16.5. The molecule has 0 unspecified atom stereocenters. The summed E-state index contributed by atoms with van der Waals surface area (Å²) in [6, 6.07) is 6.79. The molecule has 0 radical (unpaired) electrons. The van der Waals surface area contributed by atoms with Crippen LogP contribution in [0.3, 0.4) is 0 Å². The lowest BCUT2D eigenvalue weighted by Gasteiger charge is -2.10. The molecule has 94 valence electrons. The largest absolute Gasteiger partial charge is 0.476 e. The van der Waals surface area contributed by atoms with Gasteiger partial charge in [-0.2, -0.15) is 0 Å². The highest BCUT2D eigenvalue weighted by molar-refractivity contribution is 5.85. The third-order valence-electron chi connectivity index (χ3n) is 1.93. The molecule has 18 heavy (non-hydrogen) atoms. The number of nitrogens with two attached hydrogens (primary N) is 2. The second-order valence-electron chi connectivity index (χ2n) is 3.20. The molecule has 6 N–H and O–H groups in total. The fourth-order valence-electron chi connectivity index (χ4n) is 1.16. The number of rotatable bonds is 4. The van der Waals surface area contributed by atoms with Crippen LogP contribution in [0.25, 0.3) is 0 Å². The van der Waals surface area contributed by atoms with Crippen LogP contribution in [0, 0.1) is 11.8 Å². The molecule has 0 aliphatic rings. The zero-order valence-electron chi connectivity index (χ0n) is 9.73. The first-order chi connectivity index (χ1) is 8.58. The van der Waals surface area contributed by atoms with E-state index in [1.54, 1.807) is 31.2 Å². The number of ether oxygens (including phenoxy) is 1. The van der Waals surface area contributed by atoms with Crippen LogP contribution < -0.4 is 21.7 Å². The third-order valence-corrected chi connectivity index (χ3v) is 1.93. The first kappa shape index (κ1) is 13.4. The number of carbonyl (C=O) groups is 1. The predicted octanol–water partition coefficient (Wildman–Crippen LogP) is 0.113. The van der Waals surface area contributed by atoms with E-state index in [4.69, 9.17) is 21.4 Å². The molecule has 0 bridgehead atoms. The van der Waals surface area contributed by atoms with Crippen molar-refractivity contribution < 1.29 is 14.6 Å². The molecule has 0 saturated carbocycles. The Morgan fingerprint density at radius 3 is 2.78 bits per heavy atom. The maximum absolute atomic E-state index is 10.7. The number of carboxylic acid groups (broad SMARTS) is 1. The Balaban J connectivity index is 3.01. The molecular weight excluding hydrogens is 234 g/mol. The smallest absolute Gasteiger partial charge is 0.357 e. The van der Waals surface area contributed by atoms with E-state index < -0.39 is 11.7 Å². The van der Waals surface area contributed by atoms with Crippen LogP contribution in [0.15, 0.2) is 35.8 Å². The van der Waals surface area contributed by atoms with Crippen molar-refractivity contribution in [2.75, 3.05) is 0 Å². The Morgan fingerprint density at radius 2 is 2.22 bits per heavy atom. The minimum atomic E-state index is -1.33. The molecule has 6 nitrogen and oxygen atoms in total. The highest BCUT2D eigenvalue weighted by Crippen LogP contribution is 2.15. The monoisotopic (exact) mass is 247 g/mol. The van der Waals surface area contributed by atoms with Gasteiger partial charge >= 0.3 is 5.97 Å². The zero-order chi connectivity index (χ0) is 13.5. The number of hydrazine groups is 1. The fraction of sp³-hybridized carbons (Fsp3) is 0.0833. The summed E-state index contributed by atoms with van der Waals surface area (Å²) in [5.41, 5.74) is 7.63. The summed E-state index contributed by atoms with van der Waals surface area (Å²) in [7, 11) is 0. The second kappa shape index (κ2) is 6.18. The molecule has 1 aromatic rings. The van der Waals surface area contributed by atoms with Crippen molar-refractivity contribution in [1.82, 2.24) is 5.43 Å². The first-order valence-electron chi connectivity index (χ1n) is 4.98. The van der Waals surface area contributed by atoms with Gasteiger partial charge in [0.05, 0.1) is 0 Å². The summed E-state index contributed by atoms with van der Waals surface area (Å²) in [5.74, 6) is 9.56. The SMILES string of the molecule is CC#Cc1cccc(O/C(NN)=C(/N)C(=O)O)c1. The molecule has 0 aliphatic carbocycles. The van der Waals surface area contributed by atoms with Gasteiger partial charge in [-0.3, -0.25) is 5.43 Å². The highest BCUT2D eigenvalue weighted by Gasteiger charge is 2.12. The summed E-state index contributed by atoms with van der Waals surface area (Å²) in [6.07, 6.45) is 0. The molecule has 0 fully saturated rings. The van der Waals surface area contributed by atoms with Gasteiger partial charge in [0.25, 0.3) is 0 Å². The average Bonchev–Trinajstić information content (AvgIpc) is 2.36. The van der Waals surface area contributed by atoms with Crippen LogP contribution in [-0.2, 0) is 4.79 Å². The summed E-state index contributed by atoms with van der Waals surface area (Å²) in [5, 5.41) is 8.72. The fourth-order valence-corrected chi connectivity index (χ4v) is 1.16. The van der Waals surface area contributed by atoms with Crippen LogP contribution in [0.5, 0.6) is 5.75 Å². The summed E-state index contributed by atoms with van der Waals surface area (Å²) < 4.78 is 5.24. The molecule has 0 atom stereocenters. The van der Waals surface area contributed by atoms with E-state index in [-0.39, 0.29) is 5.88 Å². The number of hydrogen-bond acceptors (Lipinski definition) is 5. The Hall–Kier alpha value is -2.65. The minimum Gasteiger partial charge on any atom is -0.476 e. The number of aliphatic carboxylic acids is 1. The summed E-state index contributed by atoms with van der Waals surface area (Å²) in [6.45, 7) is 1.71. The zero-order valence-corrected chi connectivity index (χ0v) is 9.73. The van der Waals surface area contributed by atoms with E-state index in [0.717, 1.165) is 5.56 Å². The van der Waals surface area contributed by atoms with E-state index >= 15 is 0 Å². The second-order valence-corrected chi connectivity index (χ2v) is 3.20. The van der Waals surface area contributed by atoms with Gasteiger partial charge in [0.1, 0.15) is 5.75 Å². The number of hydrogen-bond donors (Lipinski definition) is 4. The molecule has 1 rings (SSSR count). The van der Waals surface area contributed by atoms with E-state index in [9.17, 15) is 4.79 Å². The third kappa shape index (κ3) is 3.43. The number of nitrogens with one attached hydrogen (secondary N) is 1. The Bertz CT molecular complexity index is 541. The normalized spacial score (nSPS) is 10.8. The van der Waals surface area contributed by atoms with Crippen LogP contribution in [-0.4, -0.2) is 11.1 Å². The van der Waals surface area contributed by atoms with E-state index in [2.05, 4.69) is 17.3 Å². The van der Waals surface area contributed by atoms with Crippen LogP contribution in [0.2, 0.25) is 0 Å². The molecule has 0 aliphatic heterocycles. The van der Waals surface area contributed by atoms with Crippen molar-refractivity contribution in [2.24, 2.45) is 11.6 Å². The Morgan fingerprint density at radius 1 is 1.50 bits per heavy atom. The van der Waals surface area contributed by atoms with Crippen molar-refractivity contribution in [3.8, 4) is 17.6 Å². The van der Waals surface area contributed by atoms with Gasteiger partial charge < -0.3 is 15.6 Å². The van der Waals surface area contributed by atoms with E-state index in [1.807, 2.05) is 0 Å². The van der Waals surface area contributed by atoms with Gasteiger partial charge in [-0.25, -0.2) is 10.6 Å². The van der Waals surface area contributed by atoms with Gasteiger partial charge in [-0.15, -0.1) is 5.92 Å². The molecule has 0 heterocycles. The average molecular weight is 247 g/mol. The van der Waals surface area contributed by atoms with Crippen molar-refractivity contribution in [3.05, 3.63) is 41.4 Å². The molecule has 0 amide bonds. The van der Waals surface area contributed by atoms with Crippen molar-refractivity contribution in [3.63, 3.8) is 0 Å². The topological polar surface area (TPSA) is 111 Å². The summed E-state index contributed by atoms with van der Waals surface area (Å²) >= 11 is 0. The number of benzene rings is 1. The van der Waals surface area contributed by atoms with E-state index in [1.165, 1.54) is 0 Å². The predicted molar refractivity (Wildman–Crippen MR) is 65.8 cm³/mol. The molecule has 0 saturated heterocycles. The molecule has 1 aromatic carbocycles. The lowest BCUT2D eigenvalue weighted by Crippen LogP contribution is -2.31. The van der Waals surface area contributed by atoms with Crippen LogP contribution >= 0.6 is 0 Å². The maximum Gasteiger partial charge on any atom is 0.357 e. The lowest BCUT2D eigenvalue weighted by molar-refractivity contribution is -0.132. The molecule has 0 aromatic heterocycles. The quantitative estimate of drug-likeness (QED) is 0.198. The standard InChI is InChI=1S/C12H13N3O3/c1-2-4-8-5-3-6-9(7-8)18-11(15-14)10(13)12(16)17/h3,5-7,15H,13-14H2,1H3,(H,16,17)/b11-10+. The van der Waals surface area contributed by atoms with Gasteiger partial charge in [0.2, 0.25) is 5.88 Å². The van der Waals surface area contributed by atoms with Gasteiger partial charge in [0, 0.05) is 5.56 Å². The van der Waals surface area contributed by atoms with Crippen molar-refractivity contribution in [1.29, 1.82) is 0 Å². The Kier molecular flexibility index (Phi) is 4.60.